The van der Waals surface area contributed by atoms with E-state index in [1.807, 2.05) is 0 Å². The fraction of sp³-hybridized carbons (Fsp3) is 0. The predicted molar refractivity (Wildman–Crippen MR) is 519 cm³/mol. The highest BCUT2D eigenvalue weighted by molar-refractivity contribution is 6.10. The van der Waals surface area contributed by atoms with Crippen LogP contribution in [0.3, 0.4) is 0 Å². The molecule has 0 N–H and O–H groups in total. The number of nitrogens with zero attached hydrogens (tertiary/aromatic N) is 4. The second-order valence-electron chi connectivity index (χ2n) is 31.4. The molecule has 22 rings (SSSR count). The summed E-state index contributed by atoms with van der Waals surface area (Å²) in [7, 11) is 0. The summed E-state index contributed by atoms with van der Waals surface area (Å²) in [5.74, 6) is 0. The van der Waals surface area contributed by atoms with E-state index in [9.17, 15) is 0 Å². The SMILES string of the molecule is c1ccc(-c2cc(-c3cccc(-n4c5ccccc5c5ccccc54)c3)nc(-c3cccc(-n4c5ccccc5c5ccccc54)c3)c2)cc1.c1ccc(-c2cccc(-c3cccc(-c4ccc(N(c5ccc(-c6cccc(-c7cccc(-c8ccccc8)c7)c6)cc5)c5ccc(-c6cccc(-c7cccc(-c8ccccc8)c7)c6)cc5)cc4)c3)c2)cc1. The maximum absolute atomic E-state index is 5.38. The van der Waals surface area contributed by atoms with Crippen LogP contribution in [0.2, 0.25) is 0 Å². The van der Waals surface area contributed by atoms with Gasteiger partial charge in [-0.15, -0.1) is 0 Å². The van der Waals surface area contributed by atoms with Crippen molar-refractivity contribution in [2.24, 2.45) is 0 Å². The first-order chi connectivity index (χ1) is 60.9. The number of benzene rings is 19. The zero-order valence-corrected chi connectivity index (χ0v) is 67.6. The average Bonchev–Trinajstić information content (AvgIpc) is 1.60. The van der Waals surface area contributed by atoms with E-state index >= 15 is 0 Å². The van der Waals surface area contributed by atoms with Gasteiger partial charge >= 0.3 is 0 Å². The monoisotopic (exact) mass is 1570 g/mol. The van der Waals surface area contributed by atoms with Crippen molar-refractivity contribution in [1.82, 2.24) is 14.1 Å². The lowest BCUT2D eigenvalue weighted by Gasteiger charge is -2.26. The number of rotatable bonds is 17. The summed E-state index contributed by atoms with van der Waals surface area (Å²) in [6.07, 6.45) is 0. The van der Waals surface area contributed by atoms with E-state index < -0.39 is 0 Å². The zero-order chi connectivity index (χ0) is 81.8. The molecule has 0 aliphatic heterocycles. The molecule has 0 unspecified atom stereocenters. The molecule has 19 aromatic carbocycles. The number of pyridine rings is 1. The highest BCUT2D eigenvalue weighted by Gasteiger charge is 2.20. The lowest BCUT2D eigenvalue weighted by molar-refractivity contribution is 1.17. The molecule has 0 aliphatic rings. The van der Waals surface area contributed by atoms with E-state index in [0.717, 1.165) is 62.1 Å². The Morgan fingerprint density at radius 1 is 0.138 bits per heavy atom. The molecule has 3 aromatic heterocycles. The van der Waals surface area contributed by atoms with Gasteiger partial charge in [-0.1, -0.05) is 364 Å². The lowest BCUT2D eigenvalue weighted by atomic mass is 9.95. The molecule has 0 fully saturated rings. The molecule has 22 aromatic rings. The Hall–Kier alpha value is -16.3. The summed E-state index contributed by atoms with van der Waals surface area (Å²) in [6.45, 7) is 0. The topological polar surface area (TPSA) is 26.0 Å². The molecule has 0 amide bonds. The third-order valence-electron chi connectivity index (χ3n) is 23.8. The van der Waals surface area contributed by atoms with Gasteiger partial charge < -0.3 is 14.0 Å². The highest BCUT2D eigenvalue weighted by atomic mass is 15.1. The van der Waals surface area contributed by atoms with Gasteiger partial charge in [0.05, 0.1) is 33.5 Å². The van der Waals surface area contributed by atoms with Crippen molar-refractivity contribution < 1.29 is 0 Å². The van der Waals surface area contributed by atoms with Crippen molar-refractivity contribution in [3.05, 3.63) is 497 Å². The Kier molecular flexibility index (Phi) is 20.1. The smallest absolute Gasteiger partial charge is 0.0716 e. The number of anilines is 3. The van der Waals surface area contributed by atoms with Gasteiger partial charge in [-0.2, -0.15) is 0 Å². The van der Waals surface area contributed by atoms with Gasteiger partial charge in [0, 0.05) is 61.1 Å². The molecule has 4 heteroatoms. The largest absolute Gasteiger partial charge is 0.311 e. The molecule has 0 bridgehead atoms. The lowest BCUT2D eigenvalue weighted by Crippen LogP contribution is -2.09. The summed E-state index contributed by atoms with van der Waals surface area (Å²) < 4.78 is 4.73. The van der Waals surface area contributed by atoms with E-state index in [4.69, 9.17) is 4.98 Å². The molecule has 123 heavy (non-hydrogen) atoms. The van der Waals surface area contributed by atoms with E-state index in [-0.39, 0.29) is 0 Å². The van der Waals surface area contributed by atoms with E-state index in [1.54, 1.807) is 0 Å². The van der Waals surface area contributed by atoms with Crippen LogP contribution in [0.1, 0.15) is 0 Å². The molecule has 0 saturated carbocycles. The summed E-state index contributed by atoms with van der Waals surface area (Å²) in [5, 5.41) is 5.01. The Morgan fingerprint density at radius 3 is 0.593 bits per heavy atom. The quantitative estimate of drug-likeness (QED) is 0.0908. The Labute approximate surface area is 717 Å². The van der Waals surface area contributed by atoms with Crippen LogP contribution in [-0.4, -0.2) is 14.1 Å². The van der Waals surface area contributed by atoms with Crippen molar-refractivity contribution in [2.45, 2.75) is 0 Å². The van der Waals surface area contributed by atoms with Crippen LogP contribution in [-0.2, 0) is 0 Å². The van der Waals surface area contributed by atoms with Crippen molar-refractivity contribution in [3.8, 4) is 145 Å². The zero-order valence-electron chi connectivity index (χ0n) is 67.6. The number of para-hydroxylation sites is 4. The third-order valence-corrected chi connectivity index (χ3v) is 23.8. The molecule has 4 nitrogen and oxygen atoms in total. The van der Waals surface area contributed by atoms with Gasteiger partial charge in [0.25, 0.3) is 0 Å². The van der Waals surface area contributed by atoms with Crippen molar-refractivity contribution in [1.29, 1.82) is 0 Å². The van der Waals surface area contributed by atoms with Gasteiger partial charge in [-0.25, -0.2) is 4.98 Å². The van der Waals surface area contributed by atoms with Gasteiger partial charge in [-0.3, -0.25) is 0 Å². The minimum absolute atomic E-state index is 0.936. The summed E-state index contributed by atoms with van der Waals surface area (Å²) in [5.41, 5.74) is 38.1. The van der Waals surface area contributed by atoms with E-state index in [1.165, 1.54) is 144 Å². The maximum Gasteiger partial charge on any atom is 0.0716 e. The first-order valence-electron chi connectivity index (χ1n) is 42.1. The first kappa shape index (κ1) is 74.3. The normalized spacial score (nSPS) is 11.3. The van der Waals surface area contributed by atoms with E-state index in [0.29, 0.717) is 0 Å². The van der Waals surface area contributed by atoms with Crippen LogP contribution in [0.5, 0.6) is 0 Å². The Morgan fingerprint density at radius 2 is 0.333 bits per heavy atom. The molecule has 0 spiro atoms. The fourth-order valence-corrected chi connectivity index (χ4v) is 17.7. The number of aromatic nitrogens is 3. The Balaban J connectivity index is 0.000000162. The minimum atomic E-state index is 0.936. The summed E-state index contributed by atoms with van der Waals surface area (Å²) in [4.78, 5) is 7.74. The van der Waals surface area contributed by atoms with Crippen molar-refractivity contribution in [2.75, 3.05) is 4.90 Å². The molecule has 0 radical (unpaired) electrons. The van der Waals surface area contributed by atoms with Crippen LogP contribution >= 0.6 is 0 Å². The first-order valence-corrected chi connectivity index (χ1v) is 42.1. The van der Waals surface area contributed by atoms with Crippen molar-refractivity contribution in [3.63, 3.8) is 0 Å². The van der Waals surface area contributed by atoms with Crippen LogP contribution in [0.25, 0.3) is 189 Å². The second kappa shape index (κ2) is 33.3. The van der Waals surface area contributed by atoms with Crippen LogP contribution < -0.4 is 4.90 Å². The minimum Gasteiger partial charge on any atom is -0.311 e. The third kappa shape index (κ3) is 15.2. The molecule has 3 heterocycles. The van der Waals surface area contributed by atoms with E-state index in [2.05, 4.69) is 511 Å². The second-order valence-corrected chi connectivity index (χ2v) is 31.4. The Bertz CT molecular complexity index is 6890. The van der Waals surface area contributed by atoms with Crippen LogP contribution in [0.15, 0.2) is 497 Å². The molecular formula is C119H82N4. The number of hydrogen-bond donors (Lipinski definition) is 0. The van der Waals surface area contributed by atoms with Gasteiger partial charge in [-0.05, 0) is 245 Å². The molecule has 0 saturated heterocycles. The number of fused-ring (bicyclic) bond motifs is 6. The van der Waals surface area contributed by atoms with Crippen LogP contribution in [0.4, 0.5) is 17.1 Å². The molecule has 0 aliphatic carbocycles. The standard InChI is InChI=1S/C72H51N.C47H31N3/c1-4-16-52(17-5-1)58-22-10-28-64(46-58)67-31-13-25-61(49-67)55-34-40-70(41-35-55)73(71-42-36-56(37-43-71)62-26-14-32-68(50-62)65-29-11-23-59(47-65)53-18-6-2-7-19-53)72-44-38-57(39-45-72)63-27-15-33-69(51-63)66-30-12-24-60(48-66)54-20-8-3-9-21-54;1-2-14-32(15-3-1)35-30-42(33-16-12-18-36(28-33)49-44-24-8-4-20-38(44)39-21-5-9-25-45(39)49)48-43(31-35)34-17-13-19-37(29-34)50-46-26-10-6-22-40(46)41-23-7-11-27-47(41)50/h1-51H;1-31H. The van der Waals surface area contributed by atoms with Gasteiger partial charge in [0.15, 0.2) is 0 Å². The molecule has 0 atom stereocenters. The summed E-state index contributed by atoms with van der Waals surface area (Å²) in [6, 6.07) is 179. The van der Waals surface area contributed by atoms with Gasteiger partial charge in [0.2, 0.25) is 0 Å². The van der Waals surface area contributed by atoms with Gasteiger partial charge in [0.1, 0.15) is 0 Å². The average molecular weight is 1570 g/mol. The predicted octanol–water partition coefficient (Wildman–Crippen LogP) is 32.4. The van der Waals surface area contributed by atoms with Crippen LogP contribution in [0, 0.1) is 0 Å². The fourth-order valence-electron chi connectivity index (χ4n) is 17.7. The number of hydrogen-bond acceptors (Lipinski definition) is 2. The molecule has 578 valence electrons. The highest BCUT2D eigenvalue weighted by Crippen LogP contribution is 2.43. The maximum atomic E-state index is 5.38. The summed E-state index contributed by atoms with van der Waals surface area (Å²) >= 11 is 0. The van der Waals surface area contributed by atoms with Crippen molar-refractivity contribution >= 4 is 60.7 Å². The molecular weight excluding hydrogens is 1490 g/mol.